The fraction of sp³-hybridized carbons (Fsp3) is 0.368. The Kier molecular flexibility index (Phi) is 4.62. The van der Waals surface area contributed by atoms with E-state index in [-0.39, 0.29) is 6.04 Å². The van der Waals surface area contributed by atoms with E-state index in [2.05, 4.69) is 48.6 Å². The fourth-order valence-electron chi connectivity index (χ4n) is 3.32. The van der Waals surface area contributed by atoms with Crippen molar-refractivity contribution in [1.29, 1.82) is 0 Å². The highest BCUT2D eigenvalue weighted by molar-refractivity contribution is 6.31. The minimum absolute atomic E-state index is 0.285. The molecule has 2 aromatic carbocycles. The lowest BCUT2D eigenvalue weighted by molar-refractivity contribution is 0.473. The molecular weight excluding hydrogens is 278 g/mol. The molecule has 2 heteroatoms. The van der Waals surface area contributed by atoms with Gasteiger partial charge in [-0.3, -0.25) is 0 Å². The van der Waals surface area contributed by atoms with Crippen LogP contribution in [0.2, 0.25) is 5.02 Å². The molecule has 21 heavy (non-hydrogen) atoms. The highest BCUT2D eigenvalue weighted by Crippen LogP contribution is 2.31. The summed E-state index contributed by atoms with van der Waals surface area (Å²) in [6.07, 6.45) is 3.80. The molecule has 110 valence electrons. The standard InChI is InChI=1S/C19H22ClN/c1-14(17-10-4-5-12-19(17)20)21-13-16-9-6-8-15-7-2-3-11-18(15)16/h2-5,7,10-12,14,16,21H,6,8-9,13H2,1H3. The van der Waals surface area contributed by atoms with Crippen LogP contribution in [0.15, 0.2) is 48.5 Å². The summed E-state index contributed by atoms with van der Waals surface area (Å²) >= 11 is 6.28. The minimum atomic E-state index is 0.285. The lowest BCUT2D eigenvalue weighted by atomic mass is 9.82. The Labute approximate surface area is 132 Å². The molecule has 2 aromatic rings. The molecular formula is C19H22ClN. The maximum atomic E-state index is 6.28. The summed E-state index contributed by atoms with van der Waals surface area (Å²) < 4.78 is 0. The van der Waals surface area contributed by atoms with E-state index in [0.29, 0.717) is 5.92 Å². The van der Waals surface area contributed by atoms with Gasteiger partial charge in [0.1, 0.15) is 0 Å². The van der Waals surface area contributed by atoms with Crippen molar-refractivity contribution in [3.05, 3.63) is 70.2 Å². The number of benzene rings is 2. The van der Waals surface area contributed by atoms with Crippen molar-refractivity contribution in [3.63, 3.8) is 0 Å². The van der Waals surface area contributed by atoms with E-state index < -0.39 is 0 Å². The average Bonchev–Trinajstić information content (AvgIpc) is 2.53. The van der Waals surface area contributed by atoms with Crippen LogP contribution in [-0.4, -0.2) is 6.54 Å². The number of fused-ring (bicyclic) bond motifs is 1. The van der Waals surface area contributed by atoms with Crippen LogP contribution >= 0.6 is 11.6 Å². The highest BCUT2D eigenvalue weighted by atomic mass is 35.5. The zero-order chi connectivity index (χ0) is 14.7. The van der Waals surface area contributed by atoms with Crippen LogP contribution in [0.5, 0.6) is 0 Å². The number of hydrogen-bond donors (Lipinski definition) is 1. The van der Waals surface area contributed by atoms with E-state index in [1.165, 1.54) is 36.0 Å². The van der Waals surface area contributed by atoms with Gasteiger partial charge in [0.05, 0.1) is 0 Å². The highest BCUT2D eigenvalue weighted by Gasteiger charge is 2.20. The molecule has 1 nitrogen and oxygen atoms in total. The van der Waals surface area contributed by atoms with Crippen molar-refractivity contribution in [3.8, 4) is 0 Å². The quantitative estimate of drug-likeness (QED) is 0.827. The Balaban J connectivity index is 1.67. The fourth-order valence-corrected chi connectivity index (χ4v) is 3.62. The van der Waals surface area contributed by atoms with Gasteiger partial charge in [-0.25, -0.2) is 0 Å². The minimum Gasteiger partial charge on any atom is -0.310 e. The second kappa shape index (κ2) is 6.64. The Bertz CT molecular complexity index is 608. The number of aryl methyl sites for hydroxylation is 1. The summed E-state index contributed by atoms with van der Waals surface area (Å²) in [5.74, 6) is 0.625. The lowest BCUT2D eigenvalue weighted by Gasteiger charge is -2.27. The van der Waals surface area contributed by atoms with Gasteiger partial charge in [-0.2, -0.15) is 0 Å². The third kappa shape index (κ3) is 3.30. The molecule has 0 aromatic heterocycles. The van der Waals surface area contributed by atoms with Gasteiger partial charge in [-0.15, -0.1) is 0 Å². The zero-order valence-electron chi connectivity index (χ0n) is 12.5. The summed E-state index contributed by atoms with van der Waals surface area (Å²) in [4.78, 5) is 0. The Morgan fingerprint density at radius 3 is 2.76 bits per heavy atom. The molecule has 0 saturated heterocycles. The van der Waals surface area contributed by atoms with Crippen molar-refractivity contribution in [2.24, 2.45) is 0 Å². The third-order valence-electron chi connectivity index (χ3n) is 4.54. The van der Waals surface area contributed by atoms with Gasteiger partial charge in [0, 0.05) is 17.6 Å². The molecule has 2 atom stereocenters. The van der Waals surface area contributed by atoms with E-state index >= 15 is 0 Å². The number of nitrogens with one attached hydrogen (secondary N) is 1. The smallest absolute Gasteiger partial charge is 0.0453 e. The largest absolute Gasteiger partial charge is 0.310 e. The molecule has 3 rings (SSSR count). The SMILES string of the molecule is CC(NCC1CCCc2ccccc21)c1ccccc1Cl. The molecule has 2 unspecified atom stereocenters. The zero-order valence-corrected chi connectivity index (χ0v) is 13.2. The van der Waals surface area contributed by atoms with Crippen LogP contribution in [-0.2, 0) is 6.42 Å². The molecule has 0 fully saturated rings. The molecule has 0 spiro atoms. The first-order valence-corrected chi connectivity index (χ1v) is 8.19. The topological polar surface area (TPSA) is 12.0 Å². The van der Waals surface area contributed by atoms with Gasteiger partial charge in [-0.1, -0.05) is 54.1 Å². The van der Waals surface area contributed by atoms with Gasteiger partial charge in [0.15, 0.2) is 0 Å². The predicted octanol–water partition coefficient (Wildman–Crippen LogP) is 5.11. The van der Waals surface area contributed by atoms with Crippen molar-refractivity contribution in [2.45, 2.75) is 38.1 Å². The molecule has 1 aliphatic carbocycles. The van der Waals surface area contributed by atoms with Crippen molar-refractivity contribution in [2.75, 3.05) is 6.54 Å². The number of rotatable bonds is 4. The lowest BCUT2D eigenvalue weighted by Crippen LogP contribution is -2.27. The first-order chi connectivity index (χ1) is 10.3. The van der Waals surface area contributed by atoms with Crippen LogP contribution in [0.1, 0.15) is 48.4 Å². The van der Waals surface area contributed by atoms with E-state index in [9.17, 15) is 0 Å². The molecule has 0 saturated carbocycles. The van der Waals surface area contributed by atoms with Crippen LogP contribution < -0.4 is 5.32 Å². The maximum Gasteiger partial charge on any atom is 0.0453 e. The normalized spacial score (nSPS) is 19.0. The summed E-state index contributed by atoms with van der Waals surface area (Å²) in [6.45, 7) is 3.21. The van der Waals surface area contributed by atoms with Gasteiger partial charge in [0.2, 0.25) is 0 Å². The Morgan fingerprint density at radius 1 is 1.14 bits per heavy atom. The van der Waals surface area contributed by atoms with Crippen LogP contribution in [0, 0.1) is 0 Å². The Hall–Kier alpha value is -1.31. The van der Waals surface area contributed by atoms with Gasteiger partial charge < -0.3 is 5.32 Å². The van der Waals surface area contributed by atoms with Crippen LogP contribution in [0.3, 0.4) is 0 Å². The van der Waals surface area contributed by atoms with Crippen molar-refractivity contribution < 1.29 is 0 Å². The molecule has 0 radical (unpaired) electrons. The van der Waals surface area contributed by atoms with Gasteiger partial charge in [0.25, 0.3) is 0 Å². The predicted molar refractivity (Wildman–Crippen MR) is 90.0 cm³/mol. The summed E-state index contributed by atoms with van der Waals surface area (Å²) in [5.41, 5.74) is 4.24. The van der Waals surface area contributed by atoms with Gasteiger partial charge >= 0.3 is 0 Å². The molecule has 0 amide bonds. The third-order valence-corrected chi connectivity index (χ3v) is 4.88. The van der Waals surface area contributed by atoms with Crippen molar-refractivity contribution in [1.82, 2.24) is 5.32 Å². The summed E-state index contributed by atoms with van der Waals surface area (Å²) in [6, 6.07) is 17.3. The first kappa shape index (κ1) is 14.6. The second-order valence-corrected chi connectivity index (χ2v) is 6.35. The summed E-state index contributed by atoms with van der Waals surface area (Å²) in [7, 11) is 0. The maximum absolute atomic E-state index is 6.28. The van der Waals surface area contributed by atoms with Gasteiger partial charge in [-0.05, 0) is 54.9 Å². The molecule has 0 bridgehead atoms. The Morgan fingerprint density at radius 2 is 1.90 bits per heavy atom. The number of halogens is 1. The number of hydrogen-bond acceptors (Lipinski definition) is 1. The molecule has 1 N–H and O–H groups in total. The monoisotopic (exact) mass is 299 g/mol. The average molecular weight is 300 g/mol. The van der Waals surface area contributed by atoms with Crippen LogP contribution in [0.25, 0.3) is 0 Å². The van der Waals surface area contributed by atoms with E-state index in [1.807, 2.05) is 12.1 Å². The van der Waals surface area contributed by atoms with E-state index in [1.54, 1.807) is 0 Å². The second-order valence-electron chi connectivity index (χ2n) is 5.94. The van der Waals surface area contributed by atoms with E-state index in [0.717, 1.165) is 11.6 Å². The summed E-state index contributed by atoms with van der Waals surface area (Å²) in [5, 5.41) is 4.51. The van der Waals surface area contributed by atoms with Crippen molar-refractivity contribution >= 4 is 11.6 Å². The van der Waals surface area contributed by atoms with E-state index in [4.69, 9.17) is 11.6 Å². The first-order valence-electron chi connectivity index (χ1n) is 7.81. The molecule has 0 heterocycles. The van der Waals surface area contributed by atoms with Crippen LogP contribution in [0.4, 0.5) is 0 Å². The molecule has 0 aliphatic heterocycles. The molecule has 1 aliphatic rings.